The lowest BCUT2D eigenvalue weighted by Crippen LogP contribution is -2.14. The van der Waals surface area contributed by atoms with E-state index in [4.69, 9.17) is 5.73 Å². The Kier molecular flexibility index (Phi) is 4.46. The summed E-state index contributed by atoms with van der Waals surface area (Å²) in [4.78, 5) is 4.67. The Labute approximate surface area is 195 Å². The van der Waals surface area contributed by atoms with Crippen LogP contribution < -0.4 is 5.73 Å². The zero-order chi connectivity index (χ0) is 23.3. The molecule has 4 aromatic heterocycles. The van der Waals surface area contributed by atoms with Crippen molar-refractivity contribution in [2.75, 3.05) is 5.73 Å². The molecule has 2 N–H and O–H groups in total. The van der Waals surface area contributed by atoms with Crippen molar-refractivity contribution in [3.8, 4) is 22.4 Å². The van der Waals surface area contributed by atoms with E-state index < -0.39 is 10.0 Å². The van der Waals surface area contributed by atoms with Crippen molar-refractivity contribution in [3.63, 3.8) is 0 Å². The molecular formula is C25H18N6O2S. The van der Waals surface area contributed by atoms with Gasteiger partial charge in [0.2, 0.25) is 0 Å². The van der Waals surface area contributed by atoms with E-state index in [1.54, 1.807) is 67.1 Å². The van der Waals surface area contributed by atoms with Gasteiger partial charge >= 0.3 is 0 Å². The third kappa shape index (κ3) is 3.06. The highest BCUT2D eigenvalue weighted by atomic mass is 32.2. The molecule has 0 unspecified atom stereocenters. The van der Waals surface area contributed by atoms with Gasteiger partial charge in [0.1, 0.15) is 0 Å². The fraction of sp³-hybridized carbons (Fsp3) is 0. The zero-order valence-corrected chi connectivity index (χ0v) is 18.6. The summed E-state index contributed by atoms with van der Waals surface area (Å²) >= 11 is 0. The Morgan fingerprint density at radius 3 is 2.47 bits per heavy atom. The Morgan fingerprint density at radius 1 is 0.794 bits per heavy atom. The fourth-order valence-electron chi connectivity index (χ4n) is 4.19. The van der Waals surface area contributed by atoms with E-state index in [2.05, 4.69) is 15.2 Å². The molecule has 0 atom stereocenters. The highest BCUT2D eigenvalue weighted by Gasteiger charge is 2.26. The number of hydrogen-bond acceptors (Lipinski definition) is 6. The maximum Gasteiger partial charge on any atom is 0.269 e. The van der Waals surface area contributed by atoms with Gasteiger partial charge < -0.3 is 5.73 Å². The topological polar surface area (TPSA) is 108 Å². The molecule has 0 radical (unpaired) electrons. The first-order valence-electron chi connectivity index (χ1n) is 10.5. The number of nitrogens with zero attached hydrogens (tertiary/aromatic N) is 5. The second-order valence-electron chi connectivity index (χ2n) is 7.79. The van der Waals surface area contributed by atoms with Crippen molar-refractivity contribution >= 4 is 32.3 Å². The smallest absolute Gasteiger partial charge is 0.269 e. The molecule has 2 aromatic carbocycles. The van der Waals surface area contributed by atoms with Crippen molar-refractivity contribution in [2.24, 2.45) is 0 Å². The minimum Gasteiger partial charge on any atom is -0.399 e. The Morgan fingerprint density at radius 2 is 1.65 bits per heavy atom. The predicted molar refractivity (Wildman–Crippen MR) is 131 cm³/mol. The molecule has 6 aromatic rings. The van der Waals surface area contributed by atoms with Crippen LogP contribution in [0.2, 0.25) is 0 Å². The van der Waals surface area contributed by atoms with E-state index in [0.717, 1.165) is 16.6 Å². The van der Waals surface area contributed by atoms with Gasteiger partial charge in [-0.15, -0.1) is 0 Å². The van der Waals surface area contributed by atoms with Gasteiger partial charge in [0.15, 0.2) is 5.65 Å². The van der Waals surface area contributed by atoms with Crippen LogP contribution in [-0.2, 0) is 10.0 Å². The molecule has 0 saturated carbocycles. The molecule has 0 aliphatic rings. The van der Waals surface area contributed by atoms with Crippen LogP contribution in [0.3, 0.4) is 0 Å². The van der Waals surface area contributed by atoms with Gasteiger partial charge in [-0.1, -0.05) is 30.3 Å². The molecule has 34 heavy (non-hydrogen) atoms. The molecule has 6 rings (SSSR count). The van der Waals surface area contributed by atoms with Crippen LogP contribution in [0.4, 0.5) is 5.69 Å². The van der Waals surface area contributed by atoms with Crippen LogP contribution in [-0.4, -0.2) is 32.2 Å². The predicted octanol–water partition coefficient (Wildman–Crippen LogP) is 4.23. The average molecular weight is 467 g/mol. The number of fused-ring (bicyclic) bond motifs is 2. The summed E-state index contributed by atoms with van der Waals surface area (Å²) in [6.07, 6.45) is 4.99. The van der Waals surface area contributed by atoms with Crippen molar-refractivity contribution in [1.29, 1.82) is 0 Å². The summed E-state index contributed by atoms with van der Waals surface area (Å²) in [6, 6.07) is 22.9. The zero-order valence-electron chi connectivity index (χ0n) is 17.8. The standard InChI is InChI=1S/C25H18N6O2S/c26-18-7-4-6-17(14-18)24-15-21-20(22-16-29-31-23(22)10-5-12-28-31)11-13-27-25(21)30(24)34(32,33)19-8-2-1-3-9-19/h1-16H,26H2. The molecule has 0 amide bonds. The van der Waals surface area contributed by atoms with Crippen molar-refractivity contribution in [2.45, 2.75) is 4.90 Å². The summed E-state index contributed by atoms with van der Waals surface area (Å²) in [5.41, 5.74) is 10.5. The lowest BCUT2D eigenvalue weighted by Gasteiger charge is -2.12. The van der Waals surface area contributed by atoms with E-state index in [1.807, 2.05) is 30.3 Å². The molecule has 0 aliphatic carbocycles. The molecule has 0 bridgehead atoms. The number of hydrogen-bond donors (Lipinski definition) is 1. The van der Waals surface area contributed by atoms with Crippen LogP contribution in [0.1, 0.15) is 0 Å². The molecule has 166 valence electrons. The molecule has 0 fully saturated rings. The fourth-order valence-corrected chi connectivity index (χ4v) is 5.69. The summed E-state index contributed by atoms with van der Waals surface area (Å²) in [6.45, 7) is 0. The van der Waals surface area contributed by atoms with Crippen LogP contribution >= 0.6 is 0 Å². The van der Waals surface area contributed by atoms with Crippen LogP contribution in [0.25, 0.3) is 38.9 Å². The second kappa shape index (κ2) is 7.53. The normalized spacial score (nSPS) is 11.9. The molecule has 0 aliphatic heterocycles. The highest BCUT2D eigenvalue weighted by molar-refractivity contribution is 7.90. The number of nitrogen functional groups attached to an aromatic ring is 1. The number of benzene rings is 2. The third-order valence-corrected chi connectivity index (χ3v) is 7.44. The van der Waals surface area contributed by atoms with Gasteiger partial charge in [-0.25, -0.2) is 17.4 Å². The van der Waals surface area contributed by atoms with E-state index in [9.17, 15) is 8.42 Å². The maximum absolute atomic E-state index is 13.9. The molecule has 8 nitrogen and oxygen atoms in total. The van der Waals surface area contributed by atoms with Gasteiger partial charge in [0.05, 0.1) is 22.3 Å². The largest absolute Gasteiger partial charge is 0.399 e. The van der Waals surface area contributed by atoms with E-state index in [-0.39, 0.29) is 4.90 Å². The SMILES string of the molecule is Nc1cccc(-c2cc3c(-c4cnn5ncccc45)ccnc3n2S(=O)(=O)c2ccccc2)c1. The Balaban J connectivity index is 1.71. The lowest BCUT2D eigenvalue weighted by atomic mass is 10.0. The van der Waals surface area contributed by atoms with Gasteiger partial charge in [0, 0.05) is 34.6 Å². The van der Waals surface area contributed by atoms with E-state index in [1.165, 1.54) is 8.60 Å². The number of nitrogens with two attached hydrogens (primary N) is 1. The maximum atomic E-state index is 13.9. The second-order valence-corrected chi connectivity index (χ2v) is 9.58. The van der Waals surface area contributed by atoms with Gasteiger partial charge in [-0.2, -0.15) is 14.8 Å². The molecule has 9 heteroatoms. The molecule has 4 heterocycles. The number of pyridine rings is 1. The van der Waals surface area contributed by atoms with Crippen molar-refractivity contribution in [1.82, 2.24) is 23.8 Å². The Bertz CT molecular complexity index is 1790. The summed E-state index contributed by atoms with van der Waals surface area (Å²) in [5, 5.41) is 9.26. The minimum absolute atomic E-state index is 0.171. The van der Waals surface area contributed by atoms with E-state index >= 15 is 0 Å². The number of aromatic nitrogens is 5. The molecule has 0 spiro atoms. The van der Waals surface area contributed by atoms with Crippen LogP contribution in [0, 0.1) is 0 Å². The van der Waals surface area contributed by atoms with Gasteiger partial charge in [-0.05, 0) is 54.1 Å². The minimum atomic E-state index is -3.96. The first-order valence-corrected chi connectivity index (χ1v) is 11.9. The first-order chi connectivity index (χ1) is 16.5. The van der Waals surface area contributed by atoms with E-state index in [0.29, 0.717) is 28.0 Å². The highest BCUT2D eigenvalue weighted by Crippen LogP contribution is 2.37. The third-order valence-electron chi connectivity index (χ3n) is 5.72. The average Bonchev–Trinajstić information content (AvgIpc) is 3.47. The van der Waals surface area contributed by atoms with Crippen LogP contribution in [0.5, 0.6) is 0 Å². The summed E-state index contributed by atoms with van der Waals surface area (Å²) in [5.74, 6) is 0. The summed E-state index contributed by atoms with van der Waals surface area (Å²) < 4.78 is 30.6. The summed E-state index contributed by atoms with van der Waals surface area (Å²) in [7, 11) is -3.96. The quantitative estimate of drug-likeness (QED) is 0.390. The lowest BCUT2D eigenvalue weighted by molar-refractivity contribution is 0.589. The number of anilines is 1. The molecule has 0 saturated heterocycles. The Hall–Kier alpha value is -4.50. The number of rotatable bonds is 4. The molecular weight excluding hydrogens is 448 g/mol. The monoisotopic (exact) mass is 466 g/mol. The van der Waals surface area contributed by atoms with Crippen LogP contribution in [0.15, 0.2) is 102 Å². The van der Waals surface area contributed by atoms with Crippen molar-refractivity contribution < 1.29 is 8.42 Å². The first kappa shape index (κ1) is 20.1. The van der Waals surface area contributed by atoms with Gasteiger partial charge in [0.25, 0.3) is 10.0 Å². The van der Waals surface area contributed by atoms with Gasteiger partial charge in [-0.3, -0.25) is 0 Å². The van der Waals surface area contributed by atoms with Crippen molar-refractivity contribution in [3.05, 3.63) is 97.5 Å².